The fourth-order valence-electron chi connectivity index (χ4n) is 2.78. The van der Waals surface area contributed by atoms with Crippen LogP contribution < -0.4 is 10.1 Å². The third-order valence-corrected chi connectivity index (χ3v) is 4.34. The average Bonchev–Trinajstić information content (AvgIpc) is 3.09. The number of anilines is 2. The van der Waals surface area contributed by atoms with E-state index >= 15 is 0 Å². The maximum atomic E-state index is 13.2. The van der Waals surface area contributed by atoms with Crippen LogP contribution in [-0.2, 0) is 6.54 Å². The van der Waals surface area contributed by atoms with Crippen LogP contribution in [0.1, 0.15) is 46.0 Å². The lowest BCUT2D eigenvalue weighted by Crippen LogP contribution is -2.17. The molecule has 2 aromatic heterocycles. The SMILES string of the molecule is CCCCC(O)Oc1nc(Nc2ccc(F)cc2)nc2c1ncn2CCCC. The first-order valence-electron chi connectivity index (χ1n) is 9.71. The van der Waals surface area contributed by atoms with E-state index in [1.165, 1.54) is 12.1 Å². The highest BCUT2D eigenvalue weighted by molar-refractivity contribution is 5.78. The summed E-state index contributed by atoms with van der Waals surface area (Å²) in [5.74, 6) is 0.214. The Morgan fingerprint density at radius 1 is 1.14 bits per heavy atom. The van der Waals surface area contributed by atoms with Crippen molar-refractivity contribution in [1.29, 1.82) is 0 Å². The van der Waals surface area contributed by atoms with Gasteiger partial charge < -0.3 is 19.7 Å². The number of imidazole rings is 1. The molecule has 0 spiro atoms. The van der Waals surface area contributed by atoms with Crippen LogP contribution in [0.3, 0.4) is 0 Å². The van der Waals surface area contributed by atoms with Crippen LogP contribution >= 0.6 is 0 Å². The van der Waals surface area contributed by atoms with Gasteiger partial charge in [0.2, 0.25) is 11.8 Å². The predicted molar refractivity (Wildman–Crippen MR) is 106 cm³/mol. The van der Waals surface area contributed by atoms with Crippen LogP contribution in [0.15, 0.2) is 30.6 Å². The van der Waals surface area contributed by atoms with Crippen molar-refractivity contribution in [3.05, 3.63) is 36.4 Å². The van der Waals surface area contributed by atoms with Crippen LogP contribution in [0.25, 0.3) is 11.2 Å². The summed E-state index contributed by atoms with van der Waals surface area (Å²) in [4.78, 5) is 13.3. The Balaban J connectivity index is 1.93. The van der Waals surface area contributed by atoms with E-state index in [-0.39, 0.29) is 11.7 Å². The second kappa shape index (κ2) is 9.45. The van der Waals surface area contributed by atoms with Crippen LogP contribution in [0.4, 0.5) is 16.0 Å². The molecule has 0 saturated carbocycles. The minimum Gasteiger partial charge on any atom is -0.446 e. The predicted octanol–water partition coefficient (Wildman–Crippen LogP) is 4.40. The Morgan fingerprint density at radius 2 is 1.89 bits per heavy atom. The molecule has 0 aliphatic carbocycles. The standard InChI is InChI=1S/C20H26FN5O2/c1-3-5-7-16(27)28-19-17-18(26(13-22-17)12-6-4-2)24-20(25-19)23-15-10-8-14(21)9-11-15/h8-11,13,16,27H,3-7,12H2,1-2H3,(H,23,24,25). The minimum atomic E-state index is -0.961. The van der Waals surface area contributed by atoms with E-state index < -0.39 is 6.29 Å². The van der Waals surface area contributed by atoms with Gasteiger partial charge in [-0.3, -0.25) is 0 Å². The molecule has 1 atom stereocenters. The number of rotatable bonds is 10. The third kappa shape index (κ3) is 4.95. The Labute approximate surface area is 163 Å². The van der Waals surface area contributed by atoms with Crippen molar-refractivity contribution >= 4 is 22.8 Å². The van der Waals surface area contributed by atoms with Crippen LogP contribution in [0.5, 0.6) is 5.88 Å². The van der Waals surface area contributed by atoms with Gasteiger partial charge in [-0.1, -0.05) is 26.7 Å². The first kappa shape index (κ1) is 20.0. The molecule has 8 heteroatoms. The monoisotopic (exact) mass is 387 g/mol. The normalized spacial score (nSPS) is 12.3. The Kier molecular flexibility index (Phi) is 6.76. The molecule has 0 radical (unpaired) electrons. The minimum absolute atomic E-state index is 0.230. The number of unbranched alkanes of at least 4 members (excludes halogenated alkanes) is 2. The topological polar surface area (TPSA) is 85.1 Å². The highest BCUT2D eigenvalue weighted by atomic mass is 19.1. The molecule has 3 rings (SSSR count). The van der Waals surface area contributed by atoms with Crippen molar-refractivity contribution in [2.24, 2.45) is 0 Å². The number of hydrogen-bond acceptors (Lipinski definition) is 6. The lowest BCUT2D eigenvalue weighted by Gasteiger charge is -2.14. The number of aliphatic hydroxyl groups excluding tert-OH is 1. The number of fused-ring (bicyclic) bond motifs is 1. The van der Waals surface area contributed by atoms with Crippen LogP contribution in [0.2, 0.25) is 0 Å². The lowest BCUT2D eigenvalue weighted by atomic mass is 10.2. The van der Waals surface area contributed by atoms with E-state index in [4.69, 9.17) is 4.74 Å². The van der Waals surface area contributed by atoms with Gasteiger partial charge in [-0.15, -0.1) is 0 Å². The zero-order chi connectivity index (χ0) is 19.9. The van der Waals surface area contributed by atoms with Gasteiger partial charge in [0.15, 0.2) is 17.5 Å². The Hall–Kier alpha value is -2.74. The smallest absolute Gasteiger partial charge is 0.249 e. The molecule has 1 unspecified atom stereocenters. The molecule has 0 fully saturated rings. The van der Waals surface area contributed by atoms with Gasteiger partial charge in [0.25, 0.3) is 0 Å². The second-order valence-electron chi connectivity index (χ2n) is 6.66. The number of hydrogen-bond donors (Lipinski definition) is 2. The van der Waals surface area contributed by atoms with Gasteiger partial charge >= 0.3 is 0 Å². The van der Waals surface area contributed by atoms with Gasteiger partial charge in [0, 0.05) is 18.7 Å². The quantitative estimate of drug-likeness (QED) is 0.502. The number of aromatic nitrogens is 4. The molecule has 28 heavy (non-hydrogen) atoms. The van der Waals surface area contributed by atoms with Gasteiger partial charge in [-0.25, -0.2) is 9.37 Å². The van der Waals surface area contributed by atoms with E-state index in [1.54, 1.807) is 18.5 Å². The summed E-state index contributed by atoms with van der Waals surface area (Å²) >= 11 is 0. The largest absolute Gasteiger partial charge is 0.446 e. The molecular weight excluding hydrogens is 361 g/mol. The van der Waals surface area contributed by atoms with E-state index in [0.29, 0.717) is 29.2 Å². The van der Waals surface area contributed by atoms with E-state index in [2.05, 4.69) is 34.1 Å². The lowest BCUT2D eigenvalue weighted by molar-refractivity contribution is -0.0263. The van der Waals surface area contributed by atoms with Crippen molar-refractivity contribution < 1.29 is 14.2 Å². The van der Waals surface area contributed by atoms with Crippen molar-refractivity contribution in [1.82, 2.24) is 19.5 Å². The molecule has 0 saturated heterocycles. The zero-order valence-corrected chi connectivity index (χ0v) is 16.2. The van der Waals surface area contributed by atoms with Crippen molar-refractivity contribution in [2.45, 2.75) is 58.8 Å². The molecular formula is C20H26FN5O2. The first-order chi connectivity index (χ1) is 13.6. The molecule has 2 heterocycles. The fraction of sp³-hybridized carbons (Fsp3) is 0.450. The molecule has 7 nitrogen and oxygen atoms in total. The molecule has 0 aliphatic rings. The van der Waals surface area contributed by atoms with Gasteiger partial charge in [-0.05, 0) is 37.1 Å². The number of ether oxygens (including phenoxy) is 1. The number of benzene rings is 1. The number of nitrogens with zero attached hydrogens (tertiary/aromatic N) is 4. The number of aryl methyl sites for hydroxylation is 1. The van der Waals surface area contributed by atoms with Crippen molar-refractivity contribution in [2.75, 3.05) is 5.32 Å². The van der Waals surface area contributed by atoms with E-state index in [1.807, 2.05) is 4.57 Å². The van der Waals surface area contributed by atoms with Gasteiger partial charge in [0.05, 0.1) is 6.33 Å². The Bertz CT molecular complexity index is 897. The van der Waals surface area contributed by atoms with Crippen molar-refractivity contribution in [3.8, 4) is 5.88 Å². The average molecular weight is 387 g/mol. The van der Waals surface area contributed by atoms with E-state index in [0.717, 1.165) is 32.2 Å². The van der Waals surface area contributed by atoms with Gasteiger partial charge in [0.1, 0.15) is 5.82 Å². The zero-order valence-electron chi connectivity index (χ0n) is 16.2. The number of aliphatic hydroxyl groups is 1. The fourth-order valence-corrected chi connectivity index (χ4v) is 2.78. The molecule has 3 aromatic rings. The maximum Gasteiger partial charge on any atom is 0.249 e. The molecule has 150 valence electrons. The summed E-state index contributed by atoms with van der Waals surface area (Å²) in [5.41, 5.74) is 1.79. The van der Waals surface area contributed by atoms with Gasteiger partial charge in [-0.2, -0.15) is 9.97 Å². The molecule has 0 amide bonds. The highest BCUT2D eigenvalue weighted by Crippen LogP contribution is 2.26. The summed E-state index contributed by atoms with van der Waals surface area (Å²) in [7, 11) is 0. The molecule has 1 aromatic carbocycles. The maximum absolute atomic E-state index is 13.2. The van der Waals surface area contributed by atoms with Crippen molar-refractivity contribution in [3.63, 3.8) is 0 Å². The Morgan fingerprint density at radius 3 is 2.61 bits per heavy atom. The summed E-state index contributed by atoms with van der Waals surface area (Å²) < 4.78 is 20.8. The van der Waals surface area contributed by atoms with Crippen LogP contribution in [-0.4, -0.2) is 30.9 Å². The van der Waals surface area contributed by atoms with E-state index in [9.17, 15) is 9.50 Å². The number of nitrogens with one attached hydrogen (secondary N) is 1. The first-order valence-corrected chi connectivity index (χ1v) is 9.71. The molecule has 0 aliphatic heterocycles. The number of halogens is 1. The summed E-state index contributed by atoms with van der Waals surface area (Å²) in [6, 6.07) is 5.93. The molecule has 2 N–H and O–H groups in total. The second-order valence-corrected chi connectivity index (χ2v) is 6.66. The summed E-state index contributed by atoms with van der Waals surface area (Å²) in [5, 5.41) is 13.2. The summed E-state index contributed by atoms with van der Waals surface area (Å²) in [6.45, 7) is 4.95. The molecule has 0 bridgehead atoms. The third-order valence-electron chi connectivity index (χ3n) is 4.34. The van der Waals surface area contributed by atoms with Crippen LogP contribution in [0, 0.1) is 5.82 Å². The highest BCUT2D eigenvalue weighted by Gasteiger charge is 2.17. The summed E-state index contributed by atoms with van der Waals surface area (Å²) in [6.07, 6.45) is 5.11.